The van der Waals surface area contributed by atoms with Crippen molar-refractivity contribution in [2.75, 3.05) is 0 Å². The van der Waals surface area contributed by atoms with Crippen LogP contribution in [0.4, 0.5) is 0 Å². The van der Waals surface area contributed by atoms with Gasteiger partial charge >= 0.3 is 0 Å². The molecule has 0 aliphatic rings. The molecule has 2 amide bonds. The van der Waals surface area contributed by atoms with Gasteiger partial charge in [-0.1, -0.05) is 0 Å². The Bertz CT molecular complexity index is 418. The standard InChI is InChI=1S/C8H6I2N2O2/c9-4-2-1-3(7(11)13)5(6(4)10)8(12)14/h1-2H,(H2,11,13)(H2,12,14). The molecule has 4 nitrogen and oxygen atoms in total. The third-order valence-electron chi connectivity index (χ3n) is 1.61. The first-order valence-electron chi connectivity index (χ1n) is 3.52. The van der Waals surface area contributed by atoms with Gasteiger partial charge in [-0.15, -0.1) is 0 Å². The lowest BCUT2D eigenvalue weighted by molar-refractivity contribution is 0.0966. The summed E-state index contributed by atoms with van der Waals surface area (Å²) in [6, 6.07) is 3.22. The largest absolute Gasteiger partial charge is 0.366 e. The van der Waals surface area contributed by atoms with Crippen molar-refractivity contribution in [1.29, 1.82) is 0 Å². The Morgan fingerprint density at radius 1 is 1.07 bits per heavy atom. The van der Waals surface area contributed by atoms with Crippen LogP contribution in [0.1, 0.15) is 20.7 Å². The van der Waals surface area contributed by atoms with E-state index < -0.39 is 11.8 Å². The van der Waals surface area contributed by atoms with Crippen LogP contribution < -0.4 is 11.5 Å². The highest BCUT2D eigenvalue weighted by Crippen LogP contribution is 2.22. The maximum atomic E-state index is 11.1. The molecule has 6 heteroatoms. The minimum absolute atomic E-state index is 0.169. The van der Waals surface area contributed by atoms with E-state index in [9.17, 15) is 9.59 Å². The average molecular weight is 416 g/mol. The van der Waals surface area contributed by atoms with Crippen molar-refractivity contribution in [3.63, 3.8) is 0 Å². The number of carbonyl (C=O) groups excluding carboxylic acids is 2. The SMILES string of the molecule is NC(=O)c1ccc(I)c(I)c1C(N)=O. The molecule has 0 saturated carbocycles. The lowest BCUT2D eigenvalue weighted by Gasteiger charge is -2.06. The number of nitrogens with two attached hydrogens (primary N) is 2. The van der Waals surface area contributed by atoms with Gasteiger partial charge in [0.05, 0.1) is 11.1 Å². The first-order chi connectivity index (χ1) is 6.45. The second-order valence-corrected chi connectivity index (χ2v) is 4.75. The van der Waals surface area contributed by atoms with Crippen molar-refractivity contribution in [2.24, 2.45) is 11.5 Å². The fourth-order valence-corrected chi connectivity index (χ4v) is 2.18. The van der Waals surface area contributed by atoms with E-state index in [0.29, 0.717) is 3.57 Å². The molecule has 14 heavy (non-hydrogen) atoms. The Balaban J connectivity index is 3.53. The van der Waals surface area contributed by atoms with Gasteiger partial charge in [-0.3, -0.25) is 9.59 Å². The molecule has 0 aliphatic carbocycles. The molecular weight excluding hydrogens is 410 g/mol. The number of amides is 2. The van der Waals surface area contributed by atoms with Gasteiger partial charge in [0.1, 0.15) is 0 Å². The Morgan fingerprint density at radius 2 is 1.64 bits per heavy atom. The Labute approximate surface area is 108 Å². The van der Waals surface area contributed by atoms with E-state index in [1.807, 2.05) is 22.6 Å². The van der Waals surface area contributed by atoms with Gasteiger partial charge in [0.25, 0.3) is 5.91 Å². The van der Waals surface area contributed by atoms with E-state index >= 15 is 0 Å². The van der Waals surface area contributed by atoms with Crippen LogP contribution in [0, 0.1) is 7.14 Å². The zero-order valence-electron chi connectivity index (χ0n) is 6.88. The van der Waals surface area contributed by atoms with Gasteiger partial charge in [-0.2, -0.15) is 0 Å². The van der Waals surface area contributed by atoms with Crippen molar-refractivity contribution in [3.05, 3.63) is 30.4 Å². The molecule has 0 heterocycles. The molecule has 0 fully saturated rings. The van der Waals surface area contributed by atoms with Gasteiger partial charge in [-0.05, 0) is 57.3 Å². The summed E-state index contributed by atoms with van der Waals surface area (Å²) in [7, 11) is 0. The van der Waals surface area contributed by atoms with E-state index in [1.54, 1.807) is 6.07 Å². The van der Waals surface area contributed by atoms with Crippen LogP contribution in [0.2, 0.25) is 0 Å². The van der Waals surface area contributed by atoms with E-state index in [4.69, 9.17) is 11.5 Å². The summed E-state index contributed by atoms with van der Waals surface area (Å²) >= 11 is 4.02. The van der Waals surface area contributed by atoms with Gasteiger partial charge in [-0.25, -0.2) is 0 Å². The number of rotatable bonds is 2. The van der Waals surface area contributed by atoms with Crippen LogP contribution in [0.3, 0.4) is 0 Å². The van der Waals surface area contributed by atoms with E-state index in [1.165, 1.54) is 6.07 Å². The third-order valence-corrected chi connectivity index (χ3v) is 4.66. The Kier molecular flexibility index (Phi) is 3.70. The zero-order valence-corrected chi connectivity index (χ0v) is 11.2. The molecule has 0 aliphatic heterocycles. The monoisotopic (exact) mass is 416 g/mol. The second kappa shape index (κ2) is 4.43. The summed E-state index contributed by atoms with van der Waals surface area (Å²) in [6.45, 7) is 0. The van der Waals surface area contributed by atoms with Crippen molar-refractivity contribution in [3.8, 4) is 0 Å². The van der Waals surface area contributed by atoms with Crippen LogP contribution in [0.15, 0.2) is 12.1 Å². The van der Waals surface area contributed by atoms with Crippen LogP contribution in [-0.2, 0) is 0 Å². The minimum Gasteiger partial charge on any atom is -0.366 e. The van der Waals surface area contributed by atoms with Gasteiger partial charge in [0, 0.05) is 7.14 Å². The molecule has 0 saturated heterocycles. The molecule has 1 aromatic rings. The van der Waals surface area contributed by atoms with Crippen molar-refractivity contribution in [2.45, 2.75) is 0 Å². The molecule has 0 aromatic heterocycles. The lowest BCUT2D eigenvalue weighted by atomic mass is 10.1. The molecule has 0 unspecified atom stereocenters. The van der Waals surface area contributed by atoms with Gasteiger partial charge < -0.3 is 11.5 Å². The molecule has 0 spiro atoms. The smallest absolute Gasteiger partial charge is 0.250 e. The molecule has 0 atom stereocenters. The highest BCUT2D eigenvalue weighted by Gasteiger charge is 2.17. The lowest BCUT2D eigenvalue weighted by Crippen LogP contribution is -2.22. The summed E-state index contributed by atoms with van der Waals surface area (Å²) in [5, 5.41) is 0. The Morgan fingerprint density at radius 3 is 2.07 bits per heavy atom. The summed E-state index contributed by atoms with van der Waals surface area (Å²) in [6.07, 6.45) is 0. The molecule has 0 bridgehead atoms. The number of carbonyl (C=O) groups is 2. The summed E-state index contributed by atoms with van der Waals surface area (Å²) in [5.74, 6) is -1.28. The van der Waals surface area contributed by atoms with Gasteiger partial charge in [0.15, 0.2) is 0 Å². The summed E-state index contributed by atoms with van der Waals surface area (Å²) in [4.78, 5) is 22.1. The third kappa shape index (κ3) is 2.16. The highest BCUT2D eigenvalue weighted by atomic mass is 127. The summed E-state index contributed by atoms with van der Waals surface area (Å²) in [5.41, 5.74) is 10.7. The van der Waals surface area contributed by atoms with E-state index in [2.05, 4.69) is 22.6 Å². The normalized spacial score (nSPS) is 9.86. The molecule has 1 rings (SSSR count). The molecule has 74 valence electrons. The van der Waals surface area contributed by atoms with Crippen LogP contribution in [0.5, 0.6) is 0 Å². The predicted molar refractivity (Wildman–Crippen MR) is 68.9 cm³/mol. The fourth-order valence-electron chi connectivity index (χ4n) is 0.997. The molecular formula is C8H6I2N2O2. The number of hydrogen-bond donors (Lipinski definition) is 2. The van der Waals surface area contributed by atoms with Crippen LogP contribution in [0.25, 0.3) is 0 Å². The summed E-state index contributed by atoms with van der Waals surface area (Å²) < 4.78 is 1.52. The molecule has 4 N–H and O–H groups in total. The zero-order chi connectivity index (χ0) is 10.9. The maximum absolute atomic E-state index is 11.1. The molecule has 0 radical (unpaired) electrons. The fraction of sp³-hybridized carbons (Fsp3) is 0. The van der Waals surface area contributed by atoms with E-state index in [0.717, 1.165) is 3.57 Å². The maximum Gasteiger partial charge on any atom is 0.250 e. The minimum atomic E-state index is -0.645. The number of primary amides is 2. The molecule has 1 aromatic carbocycles. The second-order valence-electron chi connectivity index (χ2n) is 2.51. The average Bonchev–Trinajstić information content (AvgIpc) is 2.08. The first kappa shape index (κ1) is 11.7. The predicted octanol–water partition coefficient (Wildman–Crippen LogP) is 1.09. The van der Waals surface area contributed by atoms with E-state index in [-0.39, 0.29) is 11.1 Å². The number of hydrogen-bond acceptors (Lipinski definition) is 2. The van der Waals surface area contributed by atoms with Crippen LogP contribution >= 0.6 is 45.2 Å². The van der Waals surface area contributed by atoms with Crippen molar-refractivity contribution < 1.29 is 9.59 Å². The van der Waals surface area contributed by atoms with Crippen LogP contribution in [-0.4, -0.2) is 11.8 Å². The Hall–Kier alpha value is -0.380. The highest BCUT2D eigenvalue weighted by molar-refractivity contribution is 14.1. The topological polar surface area (TPSA) is 86.2 Å². The van der Waals surface area contributed by atoms with Crippen molar-refractivity contribution >= 4 is 57.0 Å². The number of benzene rings is 1. The van der Waals surface area contributed by atoms with Gasteiger partial charge in [0.2, 0.25) is 5.91 Å². The number of halogens is 2. The van der Waals surface area contributed by atoms with Crippen molar-refractivity contribution in [1.82, 2.24) is 0 Å². The first-order valence-corrected chi connectivity index (χ1v) is 5.68. The quantitative estimate of drug-likeness (QED) is 0.708.